The van der Waals surface area contributed by atoms with Crippen molar-refractivity contribution in [3.05, 3.63) is 12.7 Å². The Balaban J connectivity index is 1.75. The monoisotopic (exact) mass is 309 g/mol. The van der Waals surface area contributed by atoms with Gasteiger partial charge in [-0.15, -0.1) is 6.58 Å². The Hall–Kier alpha value is -1.40. The van der Waals surface area contributed by atoms with Crippen molar-refractivity contribution in [3.8, 4) is 0 Å². The first-order chi connectivity index (χ1) is 10.7. The molecule has 0 radical (unpaired) electrons. The van der Waals surface area contributed by atoms with Crippen LogP contribution in [0.5, 0.6) is 0 Å². The number of likely N-dealkylation sites (tertiary alicyclic amines) is 1. The molecule has 6 nitrogen and oxygen atoms in total. The number of ether oxygens (including phenoxy) is 1. The van der Waals surface area contributed by atoms with Gasteiger partial charge in [0.15, 0.2) is 0 Å². The molecule has 2 fully saturated rings. The molecular weight excluding hydrogens is 282 g/mol. The minimum Gasteiger partial charge on any atom is -0.377 e. The minimum absolute atomic E-state index is 0.156. The van der Waals surface area contributed by atoms with E-state index in [1.54, 1.807) is 6.08 Å². The first-order valence-corrected chi connectivity index (χ1v) is 8.19. The normalized spacial score (nSPS) is 22.7. The minimum atomic E-state index is 0.156. The Morgan fingerprint density at radius 1 is 1.45 bits per heavy atom. The van der Waals surface area contributed by atoms with Crippen LogP contribution < -0.4 is 5.32 Å². The van der Waals surface area contributed by atoms with Crippen LogP contribution in [-0.4, -0.2) is 73.6 Å². The molecule has 6 heteroatoms. The summed E-state index contributed by atoms with van der Waals surface area (Å²) in [7, 11) is 0. The number of amides is 2. The van der Waals surface area contributed by atoms with Gasteiger partial charge in [0.25, 0.3) is 0 Å². The second-order valence-corrected chi connectivity index (χ2v) is 5.87. The lowest BCUT2D eigenvalue weighted by molar-refractivity contribution is -0.140. The van der Waals surface area contributed by atoms with Gasteiger partial charge in [0.05, 0.1) is 13.2 Å². The molecule has 1 atom stereocenters. The van der Waals surface area contributed by atoms with Crippen LogP contribution in [0.15, 0.2) is 12.7 Å². The van der Waals surface area contributed by atoms with Crippen molar-refractivity contribution in [2.24, 2.45) is 0 Å². The Morgan fingerprint density at radius 2 is 2.32 bits per heavy atom. The van der Waals surface area contributed by atoms with Crippen LogP contribution in [0.1, 0.15) is 25.7 Å². The van der Waals surface area contributed by atoms with Crippen LogP contribution >= 0.6 is 0 Å². The average molecular weight is 309 g/mol. The molecule has 0 saturated carbocycles. The van der Waals surface area contributed by atoms with E-state index < -0.39 is 0 Å². The third kappa shape index (κ3) is 4.81. The third-order valence-corrected chi connectivity index (χ3v) is 4.23. The van der Waals surface area contributed by atoms with Crippen molar-refractivity contribution in [2.75, 3.05) is 45.9 Å². The third-order valence-electron chi connectivity index (χ3n) is 4.23. The van der Waals surface area contributed by atoms with Crippen molar-refractivity contribution in [1.82, 2.24) is 15.1 Å². The largest absolute Gasteiger partial charge is 0.377 e. The van der Waals surface area contributed by atoms with Gasteiger partial charge in [0, 0.05) is 45.2 Å². The molecule has 0 spiro atoms. The quantitative estimate of drug-likeness (QED) is 0.546. The maximum absolute atomic E-state index is 12.3. The first-order valence-electron chi connectivity index (χ1n) is 8.19. The summed E-state index contributed by atoms with van der Waals surface area (Å²) in [4.78, 5) is 28.1. The van der Waals surface area contributed by atoms with Crippen LogP contribution in [0.4, 0.5) is 0 Å². The molecule has 0 aromatic rings. The van der Waals surface area contributed by atoms with Gasteiger partial charge in [-0.05, 0) is 19.3 Å². The number of piperazine rings is 1. The van der Waals surface area contributed by atoms with Gasteiger partial charge in [-0.25, -0.2) is 0 Å². The molecule has 0 aromatic heterocycles. The molecule has 0 bridgehead atoms. The molecule has 22 heavy (non-hydrogen) atoms. The van der Waals surface area contributed by atoms with Crippen LogP contribution in [0.2, 0.25) is 0 Å². The van der Waals surface area contributed by atoms with E-state index in [0.717, 1.165) is 38.9 Å². The zero-order valence-electron chi connectivity index (χ0n) is 13.3. The van der Waals surface area contributed by atoms with Crippen molar-refractivity contribution in [2.45, 2.75) is 31.7 Å². The van der Waals surface area contributed by atoms with Gasteiger partial charge in [-0.1, -0.05) is 6.08 Å². The van der Waals surface area contributed by atoms with Crippen LogP contribution in [-0.2, 0) is 14.3 Å². The SMILES string of the molecule is C=CCOCCCC(=O)N1CCCC(N2CCNCC2=O)C1. The summed E-state index contributed by atoms with van der Waals surface area (Å²) in [5, 5.41) is 3.09. The predicted molar refractivity (Wildman–Crippen MR) is 84.4 cm³/mol. The second kappa shape index (κ2) is 8.90. The first kappa shape index (κ1) is 17.0. The zero-order valence-corrected chi connectivity index (χ0v) is 13.3. The molecular formula is C16H27N3O3. The van der Waals surface area contributed by atoms with Gasteiger partial charge >= 0.3 is 0 Å². The number of nitrogens with zero attached hydrogens (tertiary/aromatic N) is 2. The number of rotatable bonds is 7. The molecule has 0 aliphatic carbocycles. The maximum atomic E-state index is 12.3. The van der Waals surface area contributed by atoms with Crippen molar-refractivity contribution in [3.63, 3.8) is 0 Å². The average Bonchev–Trinajstić information content (AvgIpc) is 2.55. The standard InChI is InChI=1S/C16H27N3O3/c1-2-10-22-11-4-6-15(20)18-8-3-5-14(13-18)19-9-7-17-12-16(19)21/h2,14,17H,1,3-13H2. The van der Waals surface area contributed by atoms with Crippen molar-refractivity contribution in [1.29, 1.82) is 0 Å². The fourth-order valence-electron chi connectivity index (χ4n) is 3.09. The number of hydrogen-bond donors (Lipinski definition) is 1. The molecule has 124 valence electrons. The lowest BCUT2D eigenvalue weighted by Gasteiger charge is -2.41. The molecule has 1 unspecified atom stereocenters. The highest BCUT2D eigenvalue weighted by atomic mass is 16.5. The number of carbonyl (C=O) groups excluding carboxylic acids is 2. The molecule has 2 amide bonds. The zero-order chi connectivity index (χ0) is 15.8. The molecule has 2 heterocycles. The summed E-state index contributed by atoms with van der Waals surface area (Å²) >= 11 is 0. The van der Waals surface area contributed by atoms with Gasteiger partial charge in [0.1, 0.15) is 0 Å². The van der Waals surface area contributed by atoms with E-state index >= 15 is 0 Å². The van der Waals surface area contributed by atoms with Crippen molar-refractivity contribution < 1.29 is 14.3 Å². The number of carbonyl (C=O) groups is 2. The summed E-state index contributed by atoms with van der Waals surface area (Å²) in [6.45, 7) is 8.21. The second-order valence-electron chi connectivity index (χ2n) is 5.87. The predicted octanol–water partition coefficient (Wildman–Crippen LogP) is 0.392. The van der Waals surface area contributed by atoms with E-state index in [2.05, 4.69) is 11.9 Å². The summed E-state index contributed by atoms with van der Waals surface area (Å²) in [5.41, 5.74) is 0. The van der Waals surface area contributed by atoms with Gasteiger partial charge in [-0.3, -0.25) is 9.59 Å². The fourth-order valence-corrected chi connectivity index (χ4v) is 3.09. The van der Waals surface area contributed by atoms with Gasteiger partial charge in [0.2, 0.25) is 11.8 Å². The number of piperidine rings is 1. The summed E-state index contributed by atoms with van der Waals surface area (Å²) in [6.07, 6.45) is 4.93. The number of nitrogens with one attached hydrogen (secondary N) is 1. The molecule has 1 N–H and O–H groups in total. The van der Waals surface area contributed by atoms with E-state index in [4.69, 9.17) is 4.74 Å². The summed E-state index contributed by atoms with van der Waals surface area (Å²) in [5.74, 6) is 0.331. The molecule has 2 saturated heterocycles. The maximum Gasteiger partial charge on any atom is 0.236 e. The summed E-state index contributed by atoms with van der Waals surface area (Å²) < 4.78 is 5.30. The molecule has 0 aromatic carbocycles. The molecule has 2 aliphatic heterocycles. The Labute approximate surface area is 132 Å². The lowest BCUT2D eigenvalue weighted by atomic mass is 10.0. The van der Waals surface area contributed by atoms with Gasteiger partial charge < -0.3 is 19.9 Å². The van der Waals surface area contributed by atoms with Crippen LogP contribution in [0.3, 0.4) is 0 Å². The van der Waals surface area contributed by atoms with Crippen LogP contribution in [0.25, 0.3) is 0 Å². The van der Waals surface area contributed by atoms with Crippen LogP contribution in [0, 0.1) is 0 Å². The molecule has 2 aliphatic rings. The Bertz CT molecular complexity index is 400. The highest BCUT2D eigenvalue weighted by Crippen LogP contribution is 2.18. The lowest BCUT2D eigenvalue weighted by Crippen LogP contribution is -2.57. The van der Waals surface area contributed by atoms with Crippen molar-refractivity contribution >= 4 is 11.8 Å². The smallest absolute Gasteiger partial charge is 0.236 e. The highest BCUT2D eigenvalue weighted by Gasteiger charge is 2.31. The Kier molecular flexibility index (Phi) is 6.86. The van der Waals surface area contributed by atoms with E-state index in [0.29, 0.717) is 32.7 Å². The van der Waals surface area contributed by atoms with Gasteiger partial charge in [-0.2, -0.15) is 0 Å². The van der Waals surface area contributed by atoms with E-state index in [-0.39, 0.29) is 17.9 Å². The highest BCUT2D eigenvalue weighted by molar-refractivity contribution is 5.80. The molecule has 2 rings (SSSR count). The summed E-state index contributed by atoms with van der Waals surface area (Å²) in [6, 6.07) is 0.185. The van der Waals surface area contributed by atoms with E-state index in [9.17, 15) is 9.59 Å². The van der Waals surface area contributed by atoms with E-state index in [1.807, 2.05) is 9.80 Å². The number of hydrogen-bond acceptors (Lipinski definition) is 4. The fraction of sp³-hybridized carbons (Fsp3) is 0.750. The Morgan fingerprint density at radius 3 is 3.09 bits per heavy atom. The van der Waals surface area contributed by atoms with E-state index in [1.165, 1.54) is 0 Å². The topological polar surface area (TPSA) is 61.9 Å².